The van der Waals surface area contributed by atoms with Gasteiger partial charge in [0, 0.05) is 18.5 Å². The minimum absolute atomic E-state index is 0.00293. The number of aliphatic hydroxyl groups excluding tert-OH is 1. The second kappa shape index (κ2) is 7.12. The number of anilines is 1. The summed E-state index contributed by atoms with van der Waals surface area (Å²) >= 11 is 0. The standard InChI is InChI=1S/C20H20F4N4O2/c1-12-8-17-25-10-16(14-4-3-5-15(9-14)30-20(22,23)24)28(17)26-18(12)27-7-6-19(21,11-27)13(2)29/h3-5,8-10,13,29H,6-7,11H2,1-2H3. The molecule has 4 rings (SSSR count). The summed E-state index contributed by atoms with van der Waals surface area (Å²) in [6, 6.07) is 7.33. The van der Waals surface area contributed by atoms with Crippen molar-refractivity contribution in [3.63, 3.8) is 0 Å². The van der Waals surface area contributed by atoms with Gasteiger partial charge in [0.05, 0.1) is 24.5 Å². The van der Waals surface area contributed by atoms with Crippen molar-refractivity contribution in [1.29, 1.82) is 0 Å². The molecule has 10 heteroatoms. The predicted octanol–water partition coefficient (Wildman–Crippen LogP) is 3.90. The maximum absolute atomic E-state index is 14.8. The van der Waals surface area contributed by atoms with E-state index in [0.29, 0.717) is 29.3 Å². The molecule has 160 valence electrons. The molecule has 1 aliphatic heterocycles. The van der Waals surface area contributed by atoms with Gasteiger partial charge in [-0.1, -0.05) is 12.1 Å². The molecule has 6 nitrogen and oxygen atoms in total. The molecular weight excluding hydrogens is 404 g/mol. The number of hydrogen-bond donors (Lipinski definition) is 1. The maximum Gasteiger partial charge on any atom is 0.573 e. The molecule has 0 saturated carbocycles. The molecule has 1 aromatic carbocycles. The van der Waals surface area contributed by atoms with E-state index in [0.717, 1.165) is 5.56 Å². The van der Waals surface area contributed by atoms with Gasteiger partial charge in [-0.15, -0.1) is 18.3 Å². The number of fused-ring (bicyclic) bond motifs is 1. The Balaban J connectivity index is 1.72. The smallest absolute Gasteiger partial charge is 0.406 e. The van der Waals surface area contributed by atoms with Crippen LogP contribution in [0.25, 0.3) is 16.9 Å². The number of imidazole rings is 1. The molecule has 3 aromatic rings. The van der Waals surface area contributed by atoms with Gasteiger partial charge in [0.25, 0.3) is 0 Å². The molecule has 3 heterocycles. The van der Waals surface area contributed by atoms with Crippen molar-refractivity contribution >= 4 is 11.5 Å². The third kappa shape index (κ3) is 3.79. The van der Waals surface area contributed by atoms with Crippen LogP contribution >= 0.6 is 0 Å². The highest BCUT2D eigenvalue weighted by atomic mass is 19.4. The Morgan fingerprint density at radius 2 is 2.03 bits per heavy atom. The molecule has 2 atom stereocenters. The number of halogens is 4. The number of alkyl halides is 4. The molecule has 0 spiro atoms. The molecule has 0 aliphatic carbocycles. The van der Waals surface area contributed by atoms with Crippen molar-refractivity contribution in [2.45, 2.75) is 38.4 Å². The zero-order valence-electron chi connectivity index (χ0n) is 16.3. The molecule has 30 heavy (non-hydrogen) atoms. The largest absolute Gasteiger partial charge is 0.573 e. The maximum atomic E-state index is 14.8. The van der Waals surface area contributed by atoms with Crippen LogP contribution in [0, 0.1) is 6.92 Å². The van der Waals surface area contributed by atoms with Crippen molar-refractivity contribution in [2.75, 3.05) is 18.0 Å². The summed E-state index contributed by atoms with van der Waals surface area (Å²) in [4.78, 5) is 6.05. The van der Waals surface area contributed by atoms with Gasteiger partial charge in [0.2, 0.25) is 0 Å². The number of hydrogen-bond acceptors (Lipinski definition) is 5. The van der Waals surface area contributed by atoms with Crippen molar-refractivity contribution in [3.05, 3.63) is 42.1 Å². The first-order valence-corrected chi connectivity index (χ1v) is 9.39. The Morgan fingerprint density at radius 1 is 1.27 bits per heavy atom. The molecule has 1 saturated heterocycles. The molecule has 0 amide bonds. The van der Waals surface area contributed by atoms with Crippen molar-refractivity contribution in [1.82, 2.24) is 14.6 Å². The summed E-state index contributed by atoms with van der Waals surface area (Å²) < 4.78 is 58.0. The quantitative estimate of drug-likeness (QED) is 0.644. The SMILES string of the molecule is Cc1cc2ncc(-c3cccc(OC(F)(F)F)c3)n2nc1N1CCC(F)(C(C)O)C1. The van der Waals surface area contributed by atoms with Gasteiger partial charge in [-0.2, -0.15) is 0 Å². The second-order valence-corrected chi connectivity index (χ2v) is 7.52. The molecule has 1 N–H and O–H groups in total. The van der Waals surface area contributed by atoms with Gasteiger partial charge < -0.3 is 14.7 Å². The lowest BCUT2D eigenvalue weighted by molar-refractivity contribution is -0.274. The van der Waals surface area contributed by atoms with Crippen LogP contribution in [0.5, 0.6) is 5.75 Å². The molecule has 1 fully saturated rings. The Bertz CT molecular complexity index is 1080. The normalized spacial score (nSPS) is 20.7. The number of rotatable bonds is 4. The number of benzene rings is 1. The third-order valence-electron chi connectivity index (χ3n) is 5.32. The van der Waals surface area contributed by atoms with E-state index < -0.39 is 18.1 Å². The summed E-state index contributed by atoms with van der Waals surface area (Å²) in [5.74, 6) is 0.186. The number of aliphatic hydroxyl groups is 1. The Kier molecular flexibility index (Phi) is 4.84. The lowest BCUT2D eigenvalue weighted by atomic mass is 10.00. The Hall–Kier alpha value is -2.88. The van der Waals surface area contributed by atoms with Crippen molar-refractivity contribution < 1.29 is 27.4 Å². The number of nitrogens with zero attached hydrogens (tertiary/aromatic N) is 4. The monoisotopic (exact) mass is 424 g/mol. The molecule has 2 unspecified atom stereocenters. The minimum atomic E-state index is -4.79. The third-order valence-corrected chi connectivity index (χ3v) is 5.32. The molecular formula is C20H20F4N4O2. The summed E-state index contributed by atoms with van der Waals surface area (Å²) in [6.45, 7) is 3.65. The fraction of sp³-hybridized carbons (Fsp3) is 0.400. The Morgan fingerprint density at radius 3 is 2.70 bits per heavy atom. The van der Waals surface area contributed by atoms with Crippen molar-refractivity contribution in [2.24, 2.45) is 0 Å². The van der Waals surface area contributed by atoms with Gasteiger partial charge in [-0.05, 0) is 37.6 Å². The fourth-order valence-corrected chi connectivity index (χ4v) is 3.68. The average Bonchev–Trinajstić information content (AvgIpc) is 3.24. The van der Waals surface area contributed by atoms with Crippen LogP contribution in [0.4, 0.5) is 23.4 Å². The van der Waals surface area contributed by atoms with Gasteiger partial charge >= 0.3 is 6.36 Å². The summed E-state index contributed by atoms with van der Waals surface area (Å²) in [7, 11) is 0. The fourth-order valence-electron chi connectivity index (χ4n) is 3.68. The van der Waals surface area contributed by atoms with E-state index in [4.69, 9.17) is 0 Å². The van der Waals surface area contributed by atoms with Gasteiger partial charge in [-0.3, -0.25) is 0 Å². The van der Waals surface area contributed by atoms with Crippen LogP contribution in [0.15, 0.2) is 36.5 Å². The minimum Gasteiger partial charge on any atom is -0.406 e. The molecule has 1 aliphatic rings. The topological polar surface area (TPSA) is 62.9 Å². The highest BCUT2D eigenvalue weighted by molar-refractivity contribution is 5.66. The molecule has 2 aromatic heterocycles. The lowest BCUT2D eigenvalue weighted by Crippen LogP contribution is -2.39. The summed E-state index contributed by atoms with van der Waals surface area (Å²) in [5.41, 5.74) is 0.486. The first kappa shape index (κ1) is 20.4. The van der Waals surface area contributed by atoms with Crippen LogP contribution in [0.2, 0.25) is 0 Å². The zero-order chi connectivity index (χ0) is 21.7. The van der Waals surface area contributed by atoms with E-state index in [2.05, 4.69) is 14.8 Å². The lowest BCUT2D eigenvalue weighted by Gasteiger charge is -2.24. The zero-order valence-corrected chi connectivity index (χ0v) is 16.3. The van der Waals surface area contributed by atoms with Gasteiger partial charge in [0.1, 0.15) is 5.75 Å². The number of aryl methyl sites for hydroxylation is 1. The van der Waals surface area contributed by atoms with Crippen LogP contribution < -0.4 is 9.64 Å². The van der Waals surface area contributed by atoms with Crippen molar-refractivity contribution in [3.8, 4) is 17.0 Å². The van der Waals surface area contributed by atoms with E-state index in [1.165, 1.54) is 35.8 Å². The number of ether oxygens (including phenoxy) is 1. The van der Waals surface area contributed by atoms with Crippen LogP contribution in [-0.2, 0) is 0 Å². The van der Waals surface area contributed by atoms with Gasteiger partial charge in [-0.25, -0.2) is 13.9 Å². The number of aromatic nitrogens is 3. The van der Waals surface area contributed by atoms with Crippen LogP contribution in [-0.4, -0.2) is 50.9 Å². The van der Waals surface area contributed by atoms with Crippen LogP contribution in [0.1, 0.15) is 18.9 Å². The van der Waals surface area contributed by atoms with E-state index in [1.807, 2.05) is 6.92 Å². The summed E-state index contributed by atoms with van der Waals surface area (Å²) in [5, 5.41) is 14.3. The highest BCUT2D eigenvalue weighted by Gasteiger charge is 2.43. The molecule has 0 bridgehead atoms. The molecule has 0 radical (unpaired) electrons. The Labute approximate surface area is 169 Å². The second-order valence-electron chi connectivity index (χ2n) is 7.52. The van der Waals surface area contributed by atoms with E-state index in [-0.39, 0.29) is 18.7 Å². The highest BCUT2D eigenvalue weighted by Crippen LogP contribution is 2.34. The van der Waals surface area contributed by atoms with Gasteiger partial charge in [0.15, 0.2) is 17.1 Å². The van der Waals surface area contributed by atoms with Crippen LogP contribution in [0.3, 0.4) is 0 Å². The predicted molar refractivity (Wildman–Crippen MR) is 102 cm³/mol. The summed E-state index contributed by atoms with van der Waals surface area (Å²) in [6.07, 6.45) is -4.21. The first-order valence-electron chi connectivity index (χ1n) is 9.39. The average molecular weight is 424 g/mol. The van der Waals surface area contributed by atoms with E-state index >= 15 is 0 Å². The van der Waals surface area contributed by atoms with E-state index in [9.17, 15) is 22.7 Å². The van der Waals surface area contributed by atoms with E-state index in [1.54, 1.807) is 17.0 Å². The first-order chi connectivity index (χ1) is 14.1.